The van der Waals surface area contributed by atoms with Crippen LogP contribution in [-0.4, -0.2) is 4.57 Å². The van der Waals surface area contributed by atoms with Gasteiger partial charge in [0.05, 0.1) is 11.0 Å². The number of furan rings is 1. The van der Waals surface area contributed by atoms with E-state index in [0.29, 0.717) is 0 Å². The number of benzene rings is 11. The predicted octanol–water partition coefficient (Wildman–Crippen LogP) is 18.1. The fraction of sp³-hybridized carbons (Fsp3) is 0.0462. The molecule has 0 amide bonds. The van der Waals surface area contributed by atoms with E-state index in [1.54, 1.807) is 0 Å². The molecule has 0 spiro atoms. The molecule has 0 aliphatic heterocycles. The Labute approximate surface area is 393 Å². The van der Waals surface area contributed by atoms with Crippen LogP contribution < -0.4 is 4.90 Å². The van der Waals surface area contributed by atoms with E-state index < -0.39 is 0 Å². The summed E-state index contributed by atoms with van der Waals surface area (Å²) in [6, 6.07) is 80.6. The fourth-order valence-electron chi connectivity index (χ4n) is 12.1. The molecule has 3 nitrogen and oxygen atoms in total. The van der Waals surface area contributed by atoms with Crippen LogP contribution in [0.3, 0.4) is 0 Å². The van der Waals surface area contributed by atoms with Gasteiger partial charge < -0.3 is 13.9 Å². The third-order valence-electron chi connectivity index (χ3n) is 15.3. The highest BCUT2D eigenvalue weighted by atomic mass is 16.3. The average Bonchev–Trinajstić information content (AvgIpc) is 3.98. The van der Waals surface area contributed by atoms with Crippen LogP contribution in [0.4, 0.5) is 17.1 Å². The lowest BCUT2D eigenvalue weighted by molar-refractivity contribution is 0.660. The zero-order chi connectivity index (χ0) is 44.8. The summed E-state index contributed by atoms with van der Waals surface area (Å²) in [5, 5.41) is 9.96. The molecular weight excluding hydrogens is 825 g/mol. The highest BCUT2D eigenvalue weighted by Crippen LogP contribution is 2.54. The van der Waals surface area contributed by atoms with Crippen LogP contribution in [0.2, 0.25) is 0 Å². The Kier molecular flexibility index (Phi) is 7.56. The number of hydrogen-bond donors (Lipinski definition) is 0. The topological polar surface area (TPSA) is 21.3 Å². The maximum Gasteiger partial charge on any atom is 0.136 e. The molecule has 15 rings (SSSR count). The number of para-hydroxylation sites is 2. The number of fused-ring (bicyclic) bond motifs is 11. The van der Waals surface area contributed by atoms with Crippen molar-refractivity contribution in [3.8, 4) is 50.2 Å². The van der Waals surface area contributed by atoms with Crippen molar-refractivity contribution in [3.63, 3.8) is 0 Å². The summed E-state index contributed by atoms with van der Waals surface area (Å²) in [5.41, 5.74) is 21.4. The first-order valence-electron chi connectivity index (χ1n) is 23.7. The van der Waals surface area contributed by atoms with E-state index in [0.717, 1.165) is 44.7 Å². The monoisotopic (exact) mass is 866 g/mol. The molecule has 2 heterocycles. The molecule has 0 fully saturated rings. The van der Waals surface area contributed by atoms with Gasteiger partial charge in [0.1, 0.15) is 11.2 Å². The van der Waals surface area contributed by atoms with Crippen LogP contribution in [0.15, 0.2) is 223 Å². The fourth-order valence-corrected chi connectivity index (χ4v) is 12.1. The van der Waals surface area contributed by atoms with E-state index in [2.05, 4.69) is 242 Å². The third-order valence-corrected chi connectivity index (χ3v) is 15.3. The maximum atomic E-state index is 6.55. The molecule has 11 aromatic carbocycles. The second-order valence-electron chi connectivity index (χ2n) is 19.2. The molecular formula is C65H42N2O. The Morgan fingerprint density at radius 3 is 1.88 bits per heavy atom. The number of rotatable bonds is 5. The van der Waals surface area contributed by atoms with Gasteiger partial charge in [-0.3, -0.25) is 0 Å². The number of nitrogens with zero attached hydrogens (tertiary/aromatic N) is 2. The second-order valence-corrected chi connectivity index (χ2v) is 19.2. The number of anilines is 3. The highest BCUT2D eigenvalue weighted by molar-refractivity contribution is 6.34. The van der Waals surface area contributed by atoms with Crippen LogP contribution in [0.1, 0.15) is 25.0 Å². The molecule has 2 aliphatic rings. The van der Waals surface area contributed by atoms with Gasteiger partial charge in [-0.05, 0) is 157 Å². The minimum absolute atomic E-state index is 0.0857. The Bertz CT molecular complexity index is 4270. The first-order chi connectivity index (χ1) is 33.5. The summed E-state index contributed by atoms with van der Waals surface area (Å²) in [7, 11) is 0. The number of hydrogen-bond acceptors (Lipinski definition) is 2. The van der Waals surface area contributed by atoms with Gasteiger partial charge in [0, 0.05) is 55.1 Å². The van der Waals surface area contributed by atoms with E-state index in [1.807, 2.05) is 0 Å². The Morgan fingerprint density at radius 1 is 0.368 bits per heavy atom. The first-order valence-corrected chi connectivity index (χ1v) is 23.7. The zero-order valence-electron chi connectivity index (χ0n) is 37.6. The van der Waals surface area contributed by atoms with Crippen molar-refractivity contribution in [2.45, 2.75) is 19.3 Å². The minimum atomic E-state index is -0.0857. The lowest BCUT2D eigenvalue weighted by Gasteiger charge is -2.28. The summed E-state index contributed by atoms with van der Waals surface area (Å²) in [6.45, 7) is 4.70. The van der Waals surface area contributed by atoms with Crippen LogP contribution >= 0.6 is 0 Å². The largest absolute Gasteiger partial charge is 0.456 e. The Hall–Kier alpha value is -8.66. The van der Waals surface area contributed by atoms with Crippen molar-refractivity contribution in [3.05, 3.63) is 230 Å². The van der Waals surface area contributed by atoms with Gasteiger partial charge in [-0.15, -0.1) is 0 Å². The van der Waals surface area contributed by atoms with Crippen molar-refractivity contribution in [2.24, 2.45) is 0 Å². The lowest BCUT2D eigenvalue weighted by Crippen LogP contribution is -2.16. The average molecular weight is 867 g/mol. The van der Waals surface area contributed by atoms with Gasteiger partial charge in [0.2, 0.25) is 0 Å². The number of aromatic nitrogens is 1. The van der Waals surface area contributed by atoms with Crippen molar-refractivity contribution in [1.82, 2.24) is 4.57 Å². The molecule has 13 aromatic rings. The molecule has 2 aromatic heterocycles. The highest BCUT2D eigenvalue weighted by Gasteiger charge is 2.36. The van der Waals surface area contributed by atoms with Crippen LogP contribution in [0, 0.1) is 0 Å². The summed E-state index contributed by atoms with van der Waals surface area (Å²) in [6.07, 6.45) is 0. The molecule has 318 valence electrons. The normalized spacial score (nSPS) is 13.3. The molecule has 3 heteroatoms. The smallest absolute Gasteiger partial charge is 0.136 e. The second kappa shape index (κ2) is 13.7. The summed E-state index contributed by atoms with van der Waals surface area (Å²) in [4.78, 5) is 2.38. The maximum absolute atomic E-state index is 6.55. The van der Waals surface area contributed by atoms with Crippen molar-refractivity contribution >= 4 is 82.4 Å². The Morgan fingerprint density at radius 2 is 1.03 bits per heavy atom. The molecule has 68 heavy (non-hydrogen) atoms. The summed E-state index contributed by atoms with van der Waals surface area (Å²) < 4.78 is 9.02. The van der Waals surface area contributed by atoms with Crippen LogP contribution in [0.5, 0.6) is 0 Å². The molecule has 0 saturated carbocycles. The predicted molar refractivity (Wildman–Crippen MR) is 285 cm³/mol. The Balaban J connectivity index is 0.856. The summed E-state index contributed by atoms with van der Waals surface area (Å²) in [5.74, 6) is 0. The lowest BCUT2D eigenvalue weighted by atomic mass is 9.82. The van der Waals surface area contributed by atoms with Crippen LogP contribution in [-0.2, 0) is 5.41 Å². The quantitative estimate of drug-likeness (QED) is 0.161. The molecule has 0 atom stereocenters. The summed E-state index contributed by atoms with van der Waals surface area (Å²) >= 11 is 0. The van der Waals surface area contributed by atoms with Crippen LogP contribution in [0.25, 0.3) is 115 Å². The van der Waals surface area contributed by atoms with Gasteiger partial charge in [0.15, 0.2) is 0 Å². The SMILES string of the molecule is CC1(C)c2ccccc2-c2ccc(N(c3ccccc3)c3ccc(-c4ccc(-n5c6cccc7c6c6c8c(cc9ccccc9c8ccc65)-c5cc6c(cc5-7)oc5ccccc56)cc4)cc3)cc21. The molecule has 0 unspecified atom stereocenters. The third kappa shape index (κ3) is 5.13. The van der Waals surface area contributed by atoms with Crippen molar-refractivity contribution in [1.29, 1.82) is 0 Å². The molecule has 2 aliphatic carbocycles. The van der Waals surface area contributed by atoms with Gasteiger partial charge >= 0.3 is 0 Å². The van der Waals surface area contributed by atoms with Gasteiger partial charge in [-0.2, -0.15) is 0 Å². The van der Waals surface area contributed by atoms with E-state index in [-0.39, 0.29) is 5.41 Å². The molecule has 0 saturated heterocycles. The van der Waals surface area contributed by atoms with E-state index in [4.69, 9.17) is 4.42 Å². The molecule has 0 radical (unpaired) electrons. The van der Waals surface area contributed by atoms with Crippen molar-refractivity contribution in [2.75, 3.05) is 4.90 Å². The van der Waals surface area contributed by atoms with Gasteiger partial charge in [0.25, 0.3) is 0 Å². The minimum Gasteiger partial charge on any atom is -0.456 e. The van der Waals surface area contributed by atoms with E-state index in [1.165, 1.54) is 99.0 Å². The standard InChI is InChI=1S/C65H42N2O/c1-65(2)56-20-10-8-17-47(56)48-32-31-45(36-57(48)65)66(42-14-4-3-5-15-42)43-27-23-39(24-28-43)40-25-29-44(30-26-40)67-58-21-12-19-50-53-38-61-54(49-18-9-11-22-60(49)68-61)37-52(53)55-35-41-13-6-7-16-46(41)51-33-34-59(67)64(62(51)55)63(50)58/h3-38H,1-2H3. The first kappa shape index (κ1) is 37.5. The van der Waals surface area contributed by atoms with E-state index in [9.17, 15) is 0 Å². The van der Waals surface area contributed by atoms with Crippen molar-refractivity contribution < 1.29 is 4.42 Å². The van der Waals surface area contributed by atoms with Gasteiger partial charge in [-0.25, -0.2) is 0 Å². The molecule has 0 N–H and O–H groups in total. The van der Waals surface area contributed by atoms with E-state index >= 15 is 0 Å². The van der Waals surface area contributed by atoms with Gasteiger partial charge in [-0.1, -0.05) is 147 Å². The zero-order valence-corrected chi connectivity index (χ0v) is 37.6. The molecule has 0 bridgehead atoms.